The van der Waals surface area contributed by atoms with Crippen molar-refractivity contribution in [3.05, 3.63) is 49.9 Å². The van der Waals surface area contributed by atoms with Gasteiger partial charge in [-0.05, 0) is 56.4 Å². The molecule has 1 N–H and O–H groups in total. The number of nitrogens with zero attached hydrogens (tertiary/aromatic N) is 1. The summed E-state index contributed by atoms with van der Waals surface area (Å²) >= 11 is 5.35. The van der Waals surface area contributed by atoms with Crippen molar-refractivity contribution in [1.29, 1.82) is 0 Å². The Hall–Kier alpha value is -0.710. The van der Waals surface area contributed by atoms with Crippen LogP contribution in [-0.4, -0.2) is 11.0 Å². The van der Waals surface area contributed by atoms with Gasteiger partial charge in [0.15, 0.2) is 0 Å². The molecular weight excluding hydrogens is 332 g/mol. The molecule has 3 rings (SSSR count). The zero-order chi connectivity index (χ0) is 14.1. The van der Waals surface area contributed by atoms with E-state index in [1.165, 1.54) is 31.9 Å². The highest BCUT2D eigenvalue weighted by Gasteiger charge is 2.21. The predicted molar refractivity (Wildman–Crippen MR) is 88.4 cm³/mol. The normalized spacial score (nSPS) is 19.6. The summed E-state index contributed by atoms with van der Waals surface area (Å²) in [6.07, 6.45) is 5.46. The fourth-order valence-electron chi connectivity index (χ4n) is 2.86. The molecule has 1 aliphatic rings. The number of benzene rings is 1. The van der Waals surface area contributed by atoms with Crippen molar-refractivity contribution in [2.45, 2.75) is 45.2 Å². The largest absolute Gasteiger partial charge is 0.305 e. The second kappa shape index (κ2) is 5.96. The first-order valence-electron chi connectivity index (χ1n) is 7.07. The van der Waals surface area contributed by atoms with Gasteiger partial charge >= 0.3 is 0 Å². The molecule has 106 valence electrons. The van der Waals surface area contributed by atoms with Gasteiger partial charge in [0.25, 0.3) is 0 Å². The maximum Gasteiger partial charge on any atom is 0.109 e. The average Bonchev–Trinajstić information content (AvgIpc) is 2.86. The summed E-state index contributed by atoms with van der Waals surface area (Å²) < 4.78 is 1.19. The number of hydrogen-bond acceptors (Lipinski definition) is 3. The fourth-order valence-corrected chi connectivity index (χ4v) is 4.06. The van der Waals surface area contributed by atoms with E-state index in [4.69, 9.17) is 0 Å². The summed E-state index contributed by atoms with van der Waals surface area (Å²) in [4.78, 5) is 5.77. The highest BCUT2D eigenvalue weighted by Crippen LogP contribution is 2.27. The van der Waals surface area contributed by atoms with Crippen LogP contribution < -0.4 is 5.32 Å². The van der Waals surface area contributed by atoms with Crippen molar-refractivity contribution in [3.8, 4) is 0 Å². The summed E-state index contributed by atoms with van der Waals surface area (Å²) in [7, 11) is 0. The lowest BCUT2D eigenvalue weighted by Gasteiger charge is -2.28. The first kappa shape index (κ1) is 14.2. The Morgan fingerprint density at radius 3 is 3.00 bits per heavy atom. The smallest absolute Gasteiger partial charge is 0.109 e. The lowest BCUT2D eigenvalue weighted by molar-refractivity contribution is 0.413. The topological polar surface area (TPSA) is 24.9 Å². The van der Waals surface area contributed by atoms with Gasteiger partial charge in [0, 0.05) is 21.6 Å². The monoisotopic (exact) mass is 350 g/mol. The maximum absolute atomic E-state index is 4.49. The van der Waals surface area contributed by atoms with E-state index in [9.17, 15) is 0 Å². The van der Waals surface area contributed by atoms with Crippen LogP contribution in [0.5, 0.6) is 0 Å². The van der Waals surface area contributed by atoms with E-state index in [0.29, 0.717) is 12.1 Å². The molecule has 0 fully saturated rings. The van der Waals surface area contributed by atoms with Gasteiger partial charge in [0.05, 0.1) is 6.04 Å². The number of thiazole rings is 1. The first-order chi connectivity index (χ1) is 9.61. The molecule has 0 radical (unpaired) electrons. The molecule has 0 aliphatic heterocycles. The standard InChI is InChI=1S/C16H19BrN2S/c1-10-9-18-16(20-10)11(2)19-15-6-4-12-7-14(17)5-3-13(12)8-15/h3,5,7,9,11,15,19H,4,6,8H2,1-2H3. The molecule has 0 saturated carbocycles. The minimum absolute atomic E-state index is 0.343. The Balaban J connectivity index is 1.67. The van der Waals surface area contributed by atoms with Gasteiger partial charge < -0.3 is 5.32 Å². The Labute approximate surface area is 132 Å². The van der Waals surface area contributed by atoms with Crippen LogP contribution in [0.15, 0.2) is 28.9 Å². The fraction of sp³-hybridized carbons (Fsp3) is 0.438. The second-order valence-electron chi connectivity index (χ2n) is 5.55. The third kappa shape index (κ3) is 3.13. The minimum Gasteiger partial charge on any atom is -0.305 e. The predicted octanol–water partition coefficient (Wildman–Crippen LogP) is 4.42. The molecular formula is C16H19BrN2S. The first-order valence-corrected chi connectivity index (χ1v) is 8.68. The van der Waals surface area contributed by atoms with Crippen LogP contribution >= 0.6 is 27.3 Å². The summed E-state index contributed by atoms with van der Waals surface area (Å²) in [5.41, 5.74) is 2.98. The van der Waals surface area contributed by atoms with Crippen LogP contribution in [0.3, 0.4) is 0 Å². The van der Waals surface area contributed by atoms with Crippen molar-refractivity contribution < 1.29 is 0 Å². The van der Waals surface area contributed by atoms with Gasteiger partial charge in [-0.2, -0.15) is 0 Å². The van der Waals surface area contributed by atoms with Crippen LogP contribution in [-0.2, 0) is 12.8 Å². The van der Waals surface area contributed by atoms with Gasteiger partial charge in [0.1, 0.15) is 5.01 Å². The quantitative estimate of drug-likeness (QED) is 0.885. The Bertz CT molecular complexity index is 608. The summed E-state index contributed by atoms with van der Waals surface area (Å²) in [5.74, 6) is 0. The molecule has 20 heavy (non-hydrogen) atoms. The number of halogens is 1. The summed E-state index contributed by atoms with van der Waals surface area (Å²) in [6.45, 7) is 4.33. The second-order valence-corrected chi connectivity index (χ2v) is 7.73. The van der Waals surface area contributed by atoms with Crippen LogP contribution in [0, 0.1) is 6.92 Å². The summed E-state index contributed by atoms with van der Waals surface area (Å²) in [5, 5.41) is 4.94. The van der Waals surface area contributed by atoms with E-state index < -0.39 is 0 Å². The Kier molecular flexibility index (Phi) is 4.24. The number of nitrogens with one attached hydrogen (secondary N) is 1. The molecule has 2 nitrogen and oxygen atoms in total. The zero-order valence-corrected chi connectivity index (χ0v) is 14.2. The third-order valence-corrected chi connectivity index (χ3v) is 5.48. The molecule has 4 heteroatoms. The lowest BCUT2D eigenvalue weighted by atomic mass is 9.88. The van der Waals surface area contributed by atoms with Crippen molar-refractivity contribution >= 4 is 27.3 Å². The van der Waals surface area contributed by atoms with Crippen molar-refractivity contribution in [3.63, 3.8) is 0 Å². The number of fused-ring (bicyclic) bond motifs is 1. The number of hydrogen-bond donors (Lipinski definition) is 1. The van der Waals surface area contributed by atoms with E-state index in [1.54, 1.807) is 11.3 Å². The highest BCUT2D eigenvalue weighted by molar-refractivity contribution is 9.10. The SMILES string of the molecule is Cc1cnc(C(C)NC2CCc3cc(Br)ccc3C2)s1. The zero-order valence-electron chi connectivity index (χ0n) is 11.8. The molecule has 1 heterocycles. The highest BCUT2D eigenvalue weighted by atomic mass is 79.9. The van der Waals surface area contributed by atoms with Gasteiger partial charge in [-0.15, -0.1) is 11.3 Å². The van der Waals surface area contributed by atoms with E-state index in [0.717, 1.165) is 12.8 Å². The number of aryl methyl sites for hydroxylation is 2. The molecule has 0 bridgehead atoms. The molecule has 0 amide bonds. The van der Waals surface area contributed by atoms with E-state index in [1.807, 2.05) is 6.20 Å². The molecule has 1 aliphatic carbocycles. The average molecular weight is 351 g/mol. The maximum atomic E-state index is 4.49. The van der Waals surface area contributed by atoms with Gasteiger partial charge in [-0.25, -0.2) is 4.98 Å². The Morgan fingerprint density at radius 2 is 2.25 bits per heavy atom. The molecule has 2 aromatic rings. The molecule has 1 aromatic carbocycles. The lowest BCUT2D eigenvalue weighted by Crippen LogP contribution is -2.36. The van der Waals surface area contributed by atoms with Gasteiger partial charge in [0.2, 0.25) is 0 Å². The molecule has 0 spiro atoms. The van der Waals surface area contributed by atoms with E-state index in [-0.39, 0.29) is 0 Å². The molecule has 2 unspecified atom stereocenters. The van der Waals surface area contributed by atoms with Crippen LogP contribution in [0.25, 0.3) is 0 Å². The molecule has 1 aromatic heterocycles. The number of aromatic nitrogens is 1. The van der Waals surface area contributed by atoms with Crippen LogP contribution in [0.2, 0.25) is 0 Å². The third-order valence-electron chi connectivity index (χ3n) is 3.89. The minimum atomic E-state index is 0.343. The van der Waals surface area contributed by atoms with E-state index >= 15 is 0 Å². The summed E-state index contributed by atoms with van der Waals surface area (Å²) in [6, 6.07) is 7.57. The van der Waals surface area contributed by atoms with Gasteiger partial charge in [-0.3, -0.25) is 0 Å². The van der Waals surface area contributed by atoms with Crippen LogP contribution in [0.1, 0.15) is 40.4 Å². The Morgan fingerprint density at radius 1 is 1.40 bits per heavy atom. The van der Waals surface area contributed by atoms with E-state index in [2.05, 4.69) is 58.3 Å². The van der Waals surface area contributed by atoms with Crippen LogP contribution in [0.4, 0.5) is 0 Å². The molecule has 2 atom stereocenters. The van der Waals surface area contributed by atoms with Gasteiger partial charge in [-0.1, -0.05) is 22.0 Å². The van der Waals surface area contributed by atoms with Crippen molar-refractivity contribution in [2.75, 3.05) is 0 Å². The van der Waals surface area contributed by atoms with Crippen molar-refractivity contribution in [1.82, 2.24) is 10.3 Å². The van der Waals surface area contributed by atoms with Crippen molar-refractivity contribution in [2.24, 2.45) is 0 Å². The molecule has 0 saturated heterocycles. The number of rotatable bonds is 3.